The van der Waals surface area contributed by atoms with Crippen LogP contribution in [-0.4, -0.2) is 38.5 Å². The number of hydrogen-bond donors (Lipinski definition) is 2. The molecule has 0 saturated heterocycles. The Kier molecular flexibility index (Phi) is 5.58. The highest BCUT2D eigenvalue weighted by Gasteiger charge is 2.32. The minimum absolute atomic E-state index is 0.173. The summed E-state index contributed by atoms with van der Waals surface area (Å²) in [5, 5.41) is 12.9. The van der Waals surface area contributed by atoms with Crippen LogP contribution >= 0.6 is 0 Å². The van der Waals surface area contributed by atoms with Gasteiger partial charge in [0.15, 0.2) is 0 Å². The molecule has 15 heavy (non-hydrogen) atoms. The molecular weight excluding hydrogens is 190 g/mol. The molecule has 1 aliphatic rings. The Balaban J connectivity index is 2.17. The standard InChI is InChI=1S/C12H25NO2/c1-11(8-15-2)7-13-9-12(10-14)5-3-4-6-12/h11,13-14H,3-10H2,1-2H3. The first-order chi connectivity index (χ1) is 7.22. The van der Waals surface area contributed by atoms with Gasteiger partial charge < -0.3 is 15.2 Å². The maximum Gasteiger partial charge on any atom is 0.0499 e. The Morgan fingerprint density at radius 1 is 1.40 bits per heavy atom. The van der Waals surface area contributed by atoms with E-state index in [1.54, 1.807) is 7.11 Å². The van der Waals surface area contributed by atoms with Crippen molar-refractivity contribution in [3.05, 3.63) is 0 Å². The first-order valence-corrected chi connectivity index (χ1v) is 6.03. The normalized spacial score (nSPS) is 21.8. The van der Waals surface area contributed by atoms with Crippen LogP contribution in [0.15, 0.2) is 0 Å². The molecule has 0 bridgehead atoms. The molecule has 1 aliphatic carbocycles. The summed E-state index contributed by atoms with van der Waals surface area (Å²) in [4.78, 5) is 0. The van der Waals surface area contributed by atoms with Crippen molar-refractivity contribution in [3.8, 4) is 0 Å². The Bertz CT molecular complexity index is 167. The van der Waals surface area contributed by atoms with Gasteiger partial charge in [-0.25, -0.2) is 0 Å². The molecule has 2 N–H and O–H groups in total. The van der Waals surface area contributed by atoms with Crippen molar-refractivity contribution in [1.82, 2.24) is 5.32 Å². The number of nitrogens with one attached hydrogen (secondary N) is 1. The summed E-state index contributed by atoms with van der Waals surface area (Å²) >= 11 is 0. The molecule has 3 nitrogen and oxygen atoms in total. The first-order valence-electron chi connectivity index (χ1n) is 6.03. The van der Waals surface area contributed by atoms with Gasteiger partial charge in [0.2, 0.25) is 0 Å². The third-order valence-electron chi connectivity index (χ3n) is 3.44. The van der Waals surface area contributed by atoms with Crippen LogP contribution in [0.5, 0.6) is 0 Å². The van der Waals surface area contributed by atoms with E-state index in [2.05, 4.69) is 12.2 Å². The lowest BCUT2D eigenvalue weighted by Crippen LogP contribution is -2.37. The van der Waals surface area contributed by atoms with Crippen molar-refractivity contribution in [3.63, 3.8) is 0 Å². The Hall–Kier alpha value is -0.120. The molecule has 1 atom stereocenters. The minimum Gasteiger partial charge on any atom is -0.396 e. The number of hydrogen-bond acceptors (Lipinski definition) is 3. The van der Waals surface area contributed by atoms with Crippen LogP contribution in [0.3, 0.4) is 0 Å². The number of methoxy groups -OCH3 is 1. The molecule has 1 saturated carbocycles. The van der Waals surface area contributed by atoms with Gasteiger partial charge in [0, 0.05) is 32.3 Å². The zero-order valence-corrected chi connectivity index (χ0v) is 10.1. The molecule has 0 radical (unpaired) electrons. The van der Waals surface area contributed by atoms with E-state index in [1.807, 2.05) is 0 Å². The quantitative estimate of drug-likeness (QED) is 0.675. The van der Waals surface area contributed by atoms with E-state index in [9.17, 15) is 5.11 Å². The zero-order valence-electron chi connectivity index (χ0n) is 10.1. The Morgan fingerprint density at radius 3 is 2.60 bits per heavy atom. The predicted molar refractivity (Wildman–Crippen MR) is 61.9 cm³/mol. The second kappa shape index (κ2) is 6.46. The summed E-state index contributed by atoms with van der Waals surface area (Å²) in [6.07, 6.45) is 4.90. The lowest BCUT2D eigenvalue weighted by Gasteiger charge is -2.27. The van der Waals surface area contributed by atoms with Crippen LogP contribution in [0, 0.1) is 11.3 Å². The van der Waals surface area contributed by atoms with Gasteiger partial charge in [0.25, 0.3) is 0 Å². The Labute approximate surface area is 93.2 Å². The number of aliphatic hydroxyl groups is 1. The fourth-order valence-corrected chi connectivity index (χ4v) is 2.44. The van der Waals surface area contributed by atoms with Gasteiger partial charge in [0.1, 0.15) is 0 Å². The molecule has 90 valence electrons. The largest absolute Gasteiger partial charge is 0.396 e. The van der Waals surface area contributed by atoms with Crippen molar-refractivity contribution in [2.75, 3.05) is 33.4 Å². The number of aliphatic hydroxyl groups excluding tert-OH is 1. The maximum atomic E-state index is 9.42. The fraction of sp³-hybridized carbons (Fsp3) is 1.00. The third-order valence-corrected chi connectivity index (χ3v) is 3.44. The van der Waals surface area contributed by atoms with Crippen LogP contribution in [0.1, 0.15) is 32.6 Å². The molecular formula is C12H25NO2. The third kappa shape index (κ3) is 4.09. The minimum atomic E-state index is 0.173. The van der Waals surface area contributed by atoms with Gasteiger partial charge >= 0.3 is 0 Å². The molecule has 0 amide bonds. The van der Waals surface area contributed by atoms with E-state index in [0.717, 1.165) is 19.7 Å². The van der Waals surface area contributed by atoms with Crippen molar-refractivity contribution in [2.24, 2.45) is 11.3 Å². The van der Waals surface area contributed by atoms with Crippen molar-refractivity contribution >= 4 is 0 Å². The zero-order chi connectivity index (χ0) is 11.1. The summed E-state index contributed by atoms with van der Waals surface area (Å²) in [6.45, 7) is 5.25. The van der Waals surface area contributed by atoms with Crippen molar-refractivity contribution in [2.45, 2.75) is 32.6 Å². The average molecular weight is 215 g/mol. The van der Waals surface area contributed by atoms with Crippen LogP contribution in [0.2, 0.25) is 0 Å². The van der Waals surface area contributed by atoms with Gasteiger partial charge in [-0.1, -0.05) is 19.8 Å². The van der Waals surface area contributed by atoms with Gasteiger partial charge in [0.05, 0.1) is 0 Å². The molecule has 0 aromatic heterocycles. The SMILES string of the molecule is COCC(C)CNCC1(CO)CCCC1. The summed E-state index contributed by atoms with van der Waals surface area (Å²) in [7, 11) is 1.74. The topological polar surface area (TPSA) is 41.5 Å². The first kappa shape index (κ1) is 12.9. The van der Waals surface area contributed by atoms with Crippen molar-refractivity contribution in [1.29, 1.82) is 0 Å². The highest BCUT2D eigenvalue weighted by Crippen LogP contribution is 2.36. The summed E-state index contributed by atoms with van der Waals surface area (Å²) in [5.74, 6) is 0.548. The fourth-order valence-electron chi connectivity index (χ4n) is 2.44. The molecule has 0 aliphatic heterocycles. The van der Waals surface area contributed by atoms with Gasteiger partial charge in [-0.05, 0) is 25.3 Å². The molecule has 3 heteroatoms. The number of rotatable bonds is 7. The van der Waals surface area contributed by atoms with Crippen molar-refractivity contribution < 1.29 is 9.84 Å². The van der Waals surface area contributed by atoms with Crippen LogP contribution in [-0.2, 0) is 4.74 Å². The molecule has 0 aromatic rings. The second-order valence-electron chi connectivity index (χ2n) is 5.06. The average Bonchev–Trinajstić information content (AvgIpc) is 2.68. The van der Waals surface area contributed by atoms with Gasteiger partial charge in [-0.2, -0.15) is 0 Å². The summed E-state index contributed by atoms with van der Waals surface area (Å²) in [5.41, 5.74) is 0.173. The van der Waals surface area contributed by atoms with E-state index in [1.165, 1.54) is 25.7 Å². The van der Waals surface area contributed by atoms with Gasteiger partial charge in [-0.15, -0.1) is 0 Å². The summed E-state index contributed by atoms with van der Waals surface area (Å²) in [6, 6.07) is 0. The molecule has 0 spiro atoms. The van der Waals surface area contributed by atoms with Crippen LogP contribution < -0.4 is 5.32 Å². The molecule has 1 fully saturated rings. The smallest absolute Gasteiger partial charge is 0.0499 e. The van der Waals surface area contributed by atoms with E-state index < -0.39 is 0 Å². The van der Waals surface area contributed by atoms with E-state index >= 15 is 0 Å². The van der Waals surface area contributed by atoms with E-state index in [4.69, 9.17) is 4.74 Å². The number of ether oxygens (including phenoxy) is 1. The predicted octanol–water partition coefficient (Wildman–Crippen LogP) is 1.41. The van der Waals surface area contributed by atoms with Gasteiger partial charge in [-0.3, -0.25) is 0 Å². The monoisotopic (exact) mass is 215 g/mol. The molecule has 0 heterocycles. The lowest BCUT2D eigenvalue weighted by molar-refractivity contribution is 0.121. The Morgan fingerprint density at radius 2 is 2.07 bits per heavy atom. The molecule has 0 aromatic carbocycles. The highest BCUT2D eigenvalue weighted by molar-refractivity contribution is 4.86. The lowest BCUT2D eigenvalue weighted by atomic mass is 9.87. The second-order valence-corrected chi connectivity index (χ2v) is 5.06. The van der Waals surface area contributed by atoms with E-state index in [0.29, 0.717) is 12.5 Å². The summed E-state index contributed by atoms with van der Waals surface area (Å²) < 4.78 is 5.09. The van der Waals surface area contributed by atoms with Crippen LogP contribution in [0.4, 0.5) is 0 Å². The molecule has 1 unspecified atom stereocenters. The highest BCUT2D eigenvalue weighted by atomic mass is 16.5. The van der Waals surface area contributed by atoms with E-state index in [-0.39, 0.29) is 5.41 Å². The maximum absolute atomic E-state index is 9.42. The van der Waals surface area contributed by atoms with Crippen LogP contribution in [0.25, 0.3) is 0 Å². The molecule has 1 rings (SSSR count).